The van der Waals surface area contributed by atoms with Crippen molar-refractivity contribution >= 4 is 29.9 Å². The SMILES string of the molecule is CCNC(=NCc1ccc(-n2ccnc2C)c(F)c1)N1CCC2(CCOC2)C1.I. The van der Waals surface area contributed by atoms with Gasteiger partial charge in [0.1, 0.15) is 11.6 Å². The largest absolute Gasteiger partial charge is 0.381 e. The Balaban J connectivity index is 0.00000240. The van der Waals surface area contributed by atoms with Gasteiger partial charge in [0.25, 0.3) is 0 Å². The predicted molar refractivity (Wildman–Crippen MR) is 123 cm³/mol. The Labute approximate surface area is 188 Å². The molecule has 1 aromatic heterocycles. The monoisotopic (exact) mass is 513 g/mol. The summed E-state index contributed by atoms with van der Waals surface area (Å²) in [5, 5.41) is 3.39. The van der Waals surface area contributed by atoms with E-state index in [1.54, 1.807) is 29.1 Å². The second-order valence-electron chi connectivity index (χ2n) is 7.77. The van der Waals surface area contributed by atoms with Crippen LogP contribution in [0, 0.1) is 18.2 Å². The third kappa shape index (κ3) is 4.74. The van der Waals surface area contributed by atoms with E-state index >= 15 is 0 Å². The van der Waals surface area contributed by atoms with E-state index in [4.69, 9.17) is 9.73 Å². The molecule has 0 amide bonds. The fourth-order valence-electron chi connectivity index (χ4n) is 4.16. The number of benzene rings is 1. The van der Waals surface area contributed by atoms with Gasteiger partial charge in [0.05, 0.1) is 18.8 Å². The van der Waals surface area contributed by atoms with Crippen LogP contribution in [0.3, 0.4) is 0 Å². The zero-order chi connectivity index (χ0) is 19.6. The number of nitrogens with zero attached hydrogens (tertiary/aromatic N) is 4. The Morgan fingerprint density at radius 3 is 2.90 bits per heavy atom. The highest BCUT2D eigenvalue weighted by Crippen LogP contribution is 2.38. The fourth-order valence-corrected chi connectivity index (χ4v) is 4.16. The van der Waals surface area contributed by atoms with Gasteiger partial charge in [0.2, 0.25) is 0 Å². The molecule has 0 saturated carbocycles. The third-order valence-electron chi connectivity index (χ3n) is 5.77. The van der Waals surface area contributed by atoms with Gasteiger partial charge in [-0.1, -0.05) is 6.07 Å². The van der Waals surface area contributed by atoms with Crippen molar-refractivity contribution in [3.8, 4) is 5.69 Å². The van der Waals surface area contributed by atoms with E-state index in [1.807, 2.05) is 13.0 Å². The Morgan fingerprint density at radius 2 is 2.24 bits per heavy atom. The molecule has 29 heavy (non-hydrogen) atoms. The summed E-state index contributed by atoms with van der Waals surface area (Å²) < 4.78 is 22.0. The minimum absolute atomic E-state index is 0. The highest BCUT2D eigenvalue weighted by Gasteiger charge is 2.42. The van der Waals surface area contributed by atoms with E-state index in [1.165, 1.54) is 0 Å². The molecule has 1 atom stereocenters. The van der Waals surface area contributed by atoms with Crippen LogP contribution in [0.15, 0.2) is 35.6 Å². The number of imidazole rings is 1. The standard InChI is InChI=1S/C21H28FN5O.HI/c1-3-23-20(26-9-6-21(14-26)7-11-28-15-21)25-13-17-4-5-19(18(22)12-17)27-10-8-24-16(27)2;/h4-5,8,10,12H,3,6-7,9,11,13-15H2,1-2H3,(H,23,25);1H. The molecule has 6 nitrogen and oxygen atoms in total. The van der Waals surface area contributed by atoms with Crippen LogP contribution in [-0.4, -0.2) is 53.3 Å². The summed E-state index contributed by atoms with van der Waals surface area (Å²) in [4.78, 5) is 11.3. The smallest absolute Gasteiger partial charge is 0.194 e. The number of guanidine groups is 1. The van der Waals surface area contributed by atoms with Crippen molar-refractivity contribution in [3.05, 3.63) is 47.8 Å². The van der Waals surface area contributed by atoms with Gasteiger partial charge < -0.3 is 19.5 Å². The van der Waals surface area contributed by atoms with Crippen molar-refractivity contribution in [1.82, 2.24) is 19.8 Å². The zero-order valence-electron chi connectivity index (χ0n) is 17.0. The maximum Gasteiger partial charge on any atom is 0.194 e. The number of aliphatic imine (C=N–C) groups is 1. The number of hydrogen-bond donors (Lipinski definition) is 1. The molecule has 2 fully saturated rings. The minimum Gasteiger partial charge on any atom is -0.381 e. The van der Waals surface area contributed by atoms with E-state index < -0.39 is 0 Å². The van der Waals surface area contributed by atoms with E-state index in [2.05, 4.69) is 22.1 Å². The van der Waals surface area contributed by atoms with Gasteiger partial charge in [0, 0.05) is 44.0 Å². The van der Waals surface area contributed by atoms with Crippen LogP contribution in [0.4, 0.5) is 4.39 Å². The summed E-state index contributed by atoms with van der Waals surface area (Å²) in [5.74, 6) is 1.40. The summed E-state index contributed by atoms with van der Waals surface area (Å²) in [6, 6.07) is 5.29. The molecule has 2 aliphatic rings. The van der Waals surface area contributed by atoms with Crippen molar-refractivity contribution in [2.24, 2.45) is 10.4 Å². The normalized spacial score (nSPS) is 21.6. The van der Waals surface area contributed by atoms with Crippen molar-refractivity contribution < 1.29 is 9.13 Å². The Kier molecular flexibility index (Phi) is 7.15. The molecule has 158 valence electrons. The first-order chi connectivity index (χ1) is 13.6. The highest BCUT2D eigenvalue weighted by molar-refractivity contribution is 14.0. The molecular formula is C21H29FIN5O. The van der Waals surface area contributed by atoms with Crippen LogP contribution in [0.25, 0.3) is 5.69 Å². The summed E-state index contributed by atoms with van der Waals surface area (Å²) in [5.41, 5.74) is 1.65. The van der Waals surface area contributed by atoms with Crippen LogP contribution in [0.5, 0.6) is 0 Å². The second kappa shape index (κ2) is 9.42. The number of aryl methyl sites for hydroxylation is 1. The summed E-state index contributed by atoms with van der Waals surface area (Å²) >= 11 is 0. The molecule has 8 heteroatoms. The first-order valence-corrected chi connectivity index (χ1v) is 10.00. The lowest BCUT2D eigenvalue weighted by Crippen LogP contribution is -2.41. The Hall–Kier alpha value is -1.68. The molecular weight excluding hydrogens is 484 g/mol. The Bertz CT molecular complexity index is 863. The molecule has 1 aromatic carbocycles. The number of ether oxygens (including phenoxy) is 1. The summed E-state index contributed by atoms with van der Waals surface area (Å²) in [6.45, 7) is 8.87. The van der Waals surface area contributed by atoms with Crippen molar-refractivity contribution in [3.63, 3.8) is 0 Å². The van der Waals surface area contributed by atoms with Gasteiger partial charge in [-0.15, -0.1) is 24.0 Å². The molecule has 0 aliphatic carbocycles. The zero-order valence-corrected chi connectivity index (χ0v) is 19.4. The van der Waals surface area contributed by atoms with Crippen LogP contribution < -0.4 is 5.32 Å². The fraction of sp³-hybridized carbons (Fsp3) is 0.524. The molecule has 1 spiro atoms. The minimum atomic E-state index is -0.262. The molecule has 0 bridgehead atoms. The molecule has 2 saturated heterocycles. The van der Waals surface area contributed by atoms with Gasteiger partial charge >= 0.3 is 0 Å². The Morgan fingerprint density at radius 1 is 1.38 bits per heavy atom. The van der Waals surface area contributed by atoms with Gasteiger partial charge in [-0.05, 0) is 44.4 Å². The lowest BCUT2D eigenvalue weighted by molar-refractivity contribution is 0.156. The van der Waals surface area contributed by atoms with Crippen LogP contribution in [0.1, 0.15) is 31.2 Å². The molecule has 0 radical (unpaired) electrons. The first-order valence-electron chi connectivity index (χ1n) is 10.00. The van der Waals surface area contributed by atoms with Gasteiger partial charge in [-0.2, -0.15) is 0 Å². The van der Waals surface area contributed by atoms with Gasteiger partial charge in [0.15, 0.2) is 5.96 Å². The third-order valence-corrected chi connectivity index (χ3v) is 5.77. The molecule has 1 N–H and O–H groups in total. The lowest BCUT2D eigenvalue weighted by Gasteiger charge is -2.25. The van der Waals surface area contributed by atoms with Gasteiger partial charge in [-0.3, -0.25) is 0 Å². The second-order valence-corrected chi connectivity index (χ2v) is 7.77. The first kappa shape index (κ1) is 22.0. The number of nitrogens with one attached hydrogen (secondary N) is 1. The number of hydrogen-bond acceptors (Lipinski definition) is 3. The van der Waals surface area contributed by atoms with Gasteiger partial charge in [-0.25, -0.2) is 14.4 Å². The van der Waals surface area contributed by atoms with Crippen LogP contribution >= 0.6 is 24.0 Å². The van der Waals surface area contributed by atoms with Crippen LogP contribution in [0.2, 0.25) is 0 Å². The van der Waals surface area contributed by atoms with Crippen molar-refractivity contribution in [1.29, 1.82) is 0 Å². The number of halogens is 2. The molecule has 2 aliphatic heterocycles. The quantitative estimate of drug-likeness (QED) is 0.387. The summed E-state index contributed by atoms with van der Waals surface area (Å²) in [6.07, 6.45) is 5.72. The maximum atomic E-state index is 14.6. The van der Waals surface area contributed by atoms with E-state index in [0.29, 0.717) is 12.2 Å². The number of rotatable bonds is 4. The molecule has 4 rings (SSSR count). The van der Waals surface area contributed by atoms with E-state index in [9.17, 15) is 4.39 Å². The average molecular weight is 513 g/mol. The van der Waals surface area contributed by atoms with Crippen LogP contribution in [-0.2, 0) is 11.3 Å². The molecule has 1 unspecified atom stereocenters. The predicted octanol–water partition coefficient (Wildman–Crippen LogP) is 3.52. The van der Waals surface area contributed by atoms with Crippen molar-refractivity contribution in [2.45, 2.75) is 33.2 Å². The topological polar surface area (TPSA) is 54.7 Å². The van der Waals surface area contributed by atoms with E-state index in [0.717, 1.165) is 63.0 Å². The number of likely N-dealkylation sites (tertiary alicyclic amines) is 1. The van der Waals surface area contributed by atoms with Crippen molar-refractivity contribution in [2.75, 3.05) is 32.8 Å². The molecule has 3 heterocycles. The summed E-state index contributed by atoms with van der Waals surface area (Å²) in [7, 11) is 0. The maximum absolute atomic E-state index is 14.6. The lowest BCUT2D eigenvalue weighted by atomic mass is 9.87. The highest BCUT2D eigenvalue weighted by atomic mass is 127. The van der Waals surface area contributed by atoms with E-state index in [-0.39, 0.29) is 35.2 Å². The average Bonchev–Trinajstić information content (AvgIpc) is 3.42. The number of aromatic nitrogens is 2. The molecule has 2 aromatic rings.